The molecule has 4 heteroatoms. The van der Waals surface area contributed by atoms with Crippen LogP contribution >= 0.6 is 0 Å². The number of phenols is 2. The molecule has 0 bridgehead atoms. The lowest BCUT2D eigenvalue weighted by atomic mass is 9.77. The third-order valence-electron chi connectivity index (χ3n) is 8.39. The molecule has 2 saturated carbocycles. The van der Waals surface area contributed by atoms with Gasteiger partial charge < -0.3 is 20.4 Å². The van der Waals surface area contributed by atoms with E-state index in [1.165, 1.54) is 25.7 Å². The van der Waals surface area contributed by atoms with Gasteiger partial charge in [0.05, 0.1) is 0 Å². The summed E-state index contributed by atoms with van der Waals surface area (Å²) in [4.78, 5) is 0. The molecule has 0 unspecified atom stereocenters. The summed E-state index contributed by atoms with van der Waals surface area (Å²) in [7, 11) is 0. The number of phenolic OH excluding ortho intramolecular Hbond substituents is 2. The normalized spacial score (nSPS) is 19.3. The number of aliphatic hydroxyl groups is 2. The molecule has 4 N–H and O–H groups in total. The van der Waals surface area contributed by atoms with E-state index in [2.05, 4.69) is 26.0 Å². The molecule has 0 atom stereocenters. The van der Waals surface area contributed by atoms with Gasteiger partial charge in [-0.3, -0.25) is 0 Å². The lowest BCUT2D eigenvalue weighted by Crippen LogP contribution is -2.19. The Morgan fingerprint density at radius 2 is 1.00 bits per heavy atom. The quantitative estimate of drug-likeness (QED) is 0.431. The second-order valence-corrected chi connectivity index (χ2v) is 11.0. The summed E-state index contributed by atoms with van der Waals surface area (Å²) >= 11 is 0. The van der Waals surface area contributed by atoms with Crippen molar-refractivity contribution < 1.29 is 20.4 Å². The lowest BCUT2D eigenvalue weighted by molar-refractivity contribution is 0.299. The minimum Gasteiger partial charge on any atom is -0.507 e. The Morgan fingerprint density at radius 1 is 0.636 bits per heavy atom. The molecule has 0 amide bonds. The fraction of sp³-hybridized carbons (Fsp3) is 0.586. The van der Waals surface area contributed by atoms with Crippen LogP contribution in [0.1, 0.15) is 98.6 Å². The van der Waals surface area contributed by atoms with Gasteiger partial charge in [-0.2, -0.15) is 0 Å². The molecule has 2 aliphatic rings. The summed E-state index contributed by atoms with van der Waals surface area (Å²) in [6.45, 7) is 4.61. The molecule has 180 valence electrons. The second-order valence-electron chi connectivity index (χ2n) is 11.0. The van der Waals surface area contributed by atoms with Crippen LogP contribution in [0, 0.1) is 0 Å². The summed E-state index contributed by atoms with van der Waals surface area (Å²) < 4.78 is 0. The van der Waals surface area contributed by atoms with Gasteiger partial charge in [-0.15, -0.1) is 0 Å². The number of aromatic hydroxyl groups is 2. The van der Waals surface area contributed by atoms with Crippen LogP contribution in [0.25, 0.3) is 0 Å². The molecule has 0 spiro atoms. The Kier molecular flexibility index (Phi) is 7.07. The Labute approximate surface area is 198 Å². The predicted octanol–water partition coefficient (Wildman–Crippen LogP) is 5.42. The van der Waals surface area contributed by atoms with Crippen molar-refractivity contribution in [3.8, 4) is 11.5 Å². The average Bonchev–Trinajstić information content (AvgIpc) is 3.42. The van der Waals surface area contributed by atoms with Gasteiger partial charge in [0.2, 0.25) is 0 Å². The van der Waals surface area contributed by atoms with Gasteiger partial charge in [-0.1, -0.05) is 63.8 Å². The van der Waals surface area contributed by atoms with E-state index in [1.54, 1.807) is 0 Å². The van der Waals surface area contributed by atoms with Crippen LogP contribution in [0.3, 0.4) is 0 Å². The van der Waals surface area contributed by atoms with E-state index < -0.39 is 0 Å². The lowest BCUT2D eigenvalue weighted by Gasteiger charge is -2.29. The Balaban J connectivity index is 1.79. The number of rotatable bonds is 8. The SMILES string of the molecule is CC1(c2cc(CCO)cc(Cc3cc(CCO)cc(C4(C)CCCC4)c3O)c2O)CCCC1. The molecular weight excluding hydrogens is 412 g/mol. The number of hydrogen-bond donors (Lipinski definition) is 4. The van der Waals surface area contributed by atoms with Crippen molar-refractivity contribution in [1.82, 2.24) is 0 Å². The van der Waals surface area contributed by atoms with Crippen LogP contribution in [-0.2, 0) is 30.1 Å². The summed E-state index contributed by atoms with van der Waals surface area (Å²) in [5, 5.41) is 41.9. The van der Waals surface area contributed by atoms with E-state index in [0.717, 1.165) is 59.1 Å². The first-order valence-electron chi connectivity index (χ1n) is 12.7. The molecule has 2 aliphatic carbocycles. The van der Waals surface area contributed by atoms with E-state index in [4.69, 9.17) is 0 Å². The topological polar surface area (TPSA) is 80.9 Å². The first-order chi connectivity index (χ1) is 15.8. The van der Waals surface area contributed by atoms with Gasteiger partial charge >= 0.3 is 0 Å². The van der Waals surface area contributed by atoms with Crippen LogP contribution in [0.5, 0.6) is 11.5 Å². The molecule has 0 radical (unpaired) electrons. The highest BCUT2D eigenvalue weighted by molar-refractivity contribution is 5.54. The smallest absolute Gasteiger partial charge is 0.122 e. The van der Waals surface area contributed by atoms with Gasteiger partial charge in [-0.25, -0.2) is 0 Å². The first kappa shape index (κ1) is 24.1. The zero-order chi connectivity index (χ0) is 23.6. The number of aliphatic hydroxyl groups excluding tert-OH is 2. The monoisotopic (exact) mass is 452 g/mol. The molecular formula is C29H40O4. The predicted molar refractivity (Wildman–Crippen MR) is 132 cm³/mol. The summed E-state index contributed by atoms with van der Waals surface area (Å²) in [5.74, 6) is 0.670. The first-order valence-corrected chi connectivity index (χ1v) is 12.7. The second kappa shape index (κ2) is 9.68. The molecule has 2 fully saturated rings. The molecule has 2 aromatic carbocycles. The Hall–Kier alpha value is -2.04. The minimum absolute atomic E-state index is 0.0481. The molecule has 4 rings (SSSR count). The van der Waals surface area contributed by atoms with Crippen LogP contribution in [0.15, 0.2) is 24.3 Å². The van der Waals surface area contributed by atoms with Gasteiger partial charge in [0.1, 0.15) is 11.5 Å². The van der Waals surface area contributed by atoms with Gasteiger partial charge in [0.25, 0.3) is 0 Å². The van der Waals surface area contributed by atoms with E-state index in [9.17, 15) is 20.4 Å². The molecule has 0 saturated heterocycles. The summed E-state index contributed by atoms with van der Waals surface area (Å²) in [6.07, 6.45) is 10.4. The fourth-order valence-electron chi connectivity index (χ4n) is 6.31. The maximum absolute atomic E-state index is 11.4. The molecule has 0 aliphatic heterocycles. The highest BCUT2D eigenvalue weighted by Crippen LogP contribution is 2.48. The van der Waals surface area contributed by atoms with Crippen molar-refractivity contribution in [2.45, 2.75) is 95.3 Å². The Morgan fingerprint density at radius 3 is 1.33 bits per heavy atom. The minimum atomic E-state index is -0.0481. The number of benzene rings is 2. The van der Waals surface area contributed by atoms with Crippen molar-refractivity contribution in [3.63, 3.8) is 0 Å². The highest BCUT2D eigenvalue weighted by atomic mass is 16.3. The van der Waals surface area contributed by atoms with Crippen LogP contribution < -0.4 is 0 Å². The van der Waals surface area contributed by atoms with E-state index in [-0.39, 0.29) is 24.0 Å². The fourth-order valence-corrected chi connectivity index (χ4v) is 6.31. The van der Waals surface area contributed by atoms with Crippen LogP contribution in [0.4, 0.5) is 0 Å². The highest BCUT2D eigenvalue weighted by Gasteiger charge is 2.35. The third kappa shape index (κ3) is 4.79. The van der Waals surface area contributed by atoms with E-state index >= 15 is 0 Å². The van der Waals surface area contributed by atoms with Crippen molar-refractivity contribution in [1.29, 1.82) is 0 Å². The van der Waals surface area contributed by atoms with Crippen molar-refractivity contribution in [2.24, 2.45) is 0 Å². The summed E-state index contributed by atoms with van der Waals surface area (Å²) in [6, 6.07) is 8.13. The van der Waals surface area contributed by atoms with Gasteiger partial charge in [-0.05, 0) is 71.6 Å². The van der Waals surface area contributed by atoms with Crippen molar-refractivity contribution in [2.75, 3.05) is 13.2 Å². The maximum atomic E-state index is 11.4. The van der Waals surface area contributed by atoms with Gasteiger partial charge in [0.15, 0.2) is 0 Å². The largest absolute Gasteiger partial charge is 0.507 e. The van der Waals surface area contributed by atoms with Crippen LogP contribution in [0.2, 0.25) is 0 Å². The van der Waals surface area contributed by atoms with E-state index in [0.29, 0.717) is 30.8 Å². The molecule has 2 aromatic rings. The van der Waals surface area contributed by atoms with E-state index in [1.807, 2.05) is 12.1 Å². The summed E-state index contributed by atoms with van der Waals surface area (Å²) in [5.41, 5.74) is 5.54. The molecule has 0 aromatic heterocycles. The molecule has 0 heterocycles. The Bertz CT molecular complexity index is 902. The number of hydrogen-bond acceptors (Lipinski definition) is 4. The zero-order valence-corrected chi connectivity index (χ0v) is 20.3. The van der Waals surface area contributed by atoms with Gasteiger partial charge in [0, 0.05) is 30.8 Å². The molecule has 33 heavy (non-hydrogen) atoms. The standard InChI is InChI=1S/C29H40O4/c1-28(9-3-4-10-28)24-17-20(7-13-30)15-22(26(24)32)19-23-16-21(8-14-31)18-25(27(23)33)29(2)11-5-6-12-29/h15-18,30-33H,3-14,19H2,1-2H3. The van der Waals surface area contributed by atoms with Crippen molar-refractivity contribution in [3.05, 3.63) is 57.6 Å². The third-order valence-corrected chi connectivity index (χ3v) is 8.39. The zero-order valence-electron chi connectivity index (χ0n) is 20.3. The average molecular weight is 453 g/mol. The maximum Gasteiger partial charge on any atom is 0.122 e. The van der Waals surface area contributed by atoms with Crippen LogP contribution in [-0.4, -0.2) is 33.6 Å². The van der Waals surface area contributed by atoms with Crippen molar-refractivity contribution >= 4 is 0 Å². The molecule has 4 nitrogen and oxygen atoms in total.